The molecule has 0 aromatic heterocycles. The van der Waals surface area contributed by atoms with Gasteiger partial charge in [-0.25, -0.2) is 0 Å². The lowest BCUT2D eigenvalue weighted by atomic mass is 9.69. The van der Waals surface area contributed by atoms with Gasteiger partial charge in [-0.1, -0.05) is 33.2 Å². The summed E-state index contributed by atoms with van der Waals surface area (Å²) < 4.78 is 1.07. The van der Waals surface area contributed by atoms with Crippen molar-refractivity contribution >= 4 is 21.6 Å². The van der Waals surface area contributed by atoms with E-state index in [0.717, 1.165) is 36.0 Å². The van der Waals surface area contributed by atoms with E-state index in [9.17, 15) is 5.11 Å². The van der Waals surface area contributed by atoms with Crippen molar-refractivity contribution in [2.45, 2.75) is 30.9 Å². The number of hydrogen-bond acceptors (Lipinski definition) is 4. The molecule has 2 aliphatic rings. The van der Waals surface area contributed by atoms with Crippen LogP contribution in [0.1, 0.15) is 24.8 Å². The molecule has 1 aromatic carbocycles. The van der Waals surface area contributed by atoms with E-state index in [1.807, 2.05) is 12.1 Å². The van der Waals surface area contributed by atoms with Crippen molar-refractivity contribution in [1.82, 2.24) is 5.32 Å². The second-order valence-corrected chi connectivity index (χ2v) is 6.16. The first-order chi connectivity index (χ1) is 9.18. The van der Waals surface area contributed by atoms with Crippen LogP contribution < -0.4 is 5.32 Å². The molecule has 102 valence electrons. The zero-order valence-corrected chi connectivity index (χ0v) is 12.2. The topological polar surface area (TPSA) is 53.8 Å². The Labute approximate surface area is 121 Å². The van der Waals surface area contributed by atoms with Crippen molar-refractivity contribution in [2.75, 3.05) is 13.2 Å². The fraction of sp³-hybridized carbons (Fsp3) is 0.500. The van der Waals surface area contributed by atoms with E-state index in [4.69, 9.17) is 4.84 Å². The molecule has 1 fully saturated rings. The molecule has 3 rings (SSSR count). The zero-order chi connectivity index (χ0) is 13.3. The average Bonchev–Trinajstić information content (AvgIpc) is 2.87. The van der Waals surface area contributed by atoms with E-state index >= 15 is 0 Å². The number of aliphatic hydroxyl groups excluding tert-OH is 1. The summed E-state index contributed by atoms with van der Waals surface area (Å²) in [4.78, 5) is 5.01. The molecular weight excluding hydrogens is 308 g/mol. The molecular formula is C14H17BrN2O2. The van der Waals surface area contributed by atoms with Gasteiger partial charge in [0.05, 0.1) is 11.8 Å². The molecule has 0 atom stereocenters. The summed E-state index contributed by atoms with van der Waals surface area (Å²) in [5.41, 5.74) is 2.16. The highest BCUT2D eigenvalue weighted by atomic mass is 79.9. The number of aliphatic hydroxyl groups is 1. The lowest BCUT2D eigenvalue weighted by Gasteiger charge is -2.46. The Morgan fingerprint density at radius 3 is 2.68 bits per heavy atom. The van der Waals surface area contributed by atoms with E-state index in [1.54, 1.807) is 0 Å². The van der Waals surface area contributed by atoms with Crippen LogP contribution in [0.2, 0.25) is 0 Å². The van der Waals surface area contributed by atoms with Crippen molar-refractivity contribution in [2.24, 2.45) is 5.16 Å². The highest BCUT2D eigenvalue weighted by Crippen LogP contribution is 2.41. The van der Waals surface area contributed by atoms with Crippen LogP contribution in [0.3, 0.4) is 0 Å². The van der Waals surface area contributed by atoms with Gasteiger partial charge in [-0.15, -0.1) is 0 Å². The number of rotatable bonds is 4. The maximum absolute atomic E-state index is 9.69. The summed E-state index contributed by atoms with van der Waals surface area (Å²) in [5, 5.41) is 17.2. The summed E-state index contributed by atoms with van der Waals surface area (Å²) in [6.45, 7) is 1.41. The number of nitrogens with one attached hydrogen (secondary N) is 1. The van der Waals surface area contributed by atoms with Crippen molar-refractivity contribution < 1.29 is 9.94 Å². The molecule has 5 heteroatoms. The number of oxime groups is 1. The Hall–Kier alpha value is -0.910. The first kappa shape index (κ1) is 13.1. The van der Waals surface area contributed by atoms with E-state index in [-0.39, 0.29) is 11.6 Å². The predicted octanol–water partition coefficient (Wildman–Crippen LogP) is 2.17. The van der Waals surface area contributed by atoms with Crippen LogP contribution in [0.15, 0.2) is 33.9 Å². The number of benzene rings is 1. The quantitative estimate of drug-likeness (QED) is 0.892. The summed E-state index contributed by atoms with van der Waals surface area (Å²) in [6, 6.07) is 8.30. The van der Waals surface area contributed by atoms with Gasteiger partial charge in [0.25, 0.3) is 0 Å². The molecule has 19 heavy (non-hydrogen) atoms. The molecule has 1 aliphatic heterocycles. The van der Waals surface area contributed by atoms with Crippen molar-refractivity contribution in [3.05, 3.63) is 34.3 Å². The predicted molar refractivity (Wildman–Crippen MR) is 77.1 cm³/mol. The van der Waals surface area contributed by atoms with Gasteiger partial charge >= 0.3 is 0 Å². The molecule has 0 radical (unpaired) electrons. The van der Waals surface area contributed by atoms with Gasteiger partial charge in [-0.2, -0.15) is 0 Å². The van der Waals surface area contributed by atoms with Gasteiger partial charge in [-0.05, 0) is 30.5 Å². The third-order valence-electron chi connectivity index (χ3n) is 3.87. The van der Waals surface area contributed by atoms with E-state index in [1.165, 1.54) is 5.56 Å². The lowest BCUT2D eigenvalue weighted by molar-refractivity contribution is 0.00147. The summed E-state index contributed by atoms with van der Waals surface area (Å²) in [6.07, 6.45) is 2.19. The smallest absolute Gasteiger partial charge is 0.122 e. The minimum atomic E-state index is -0.210. The highest BCUT2D eigenvalue weighted by molar-refractivity contribution is 9.10. The Bertz CT molecular complexity index is 481. The average molecular weight is 325 g/mol. The van der Waals surface area contributed by atoms with Gasteiger partial charge in [-0.3, -0.25) is 0 Å². The minimum Gasteiger partial charge on any atom is -0.395 e. The Balaban J connectivity index is 1.73. The zero-order valence-electron chi connectivity index (χ0n) is 10.6. The number of halogens is 1. The molecule has 0 unspecified atom stereocenters. The number of hydrogen-bond donors (Lipinski definition) is 2. The first-order valence-corrected chi connectivity index (χ1v) is 7.34. The van der Waals surface area contributed by atoms with E-state index < -0.39 is 0 Å². The summed E-state index contributed by atoms with van der Waals surface area (Å²) in [5.74, 6) is 0. The maximum atomic E-state index is 9.69. The Morgan fingerprint density at radius 2 is 2.11 bits per heavy atom. The van der Waals surface area contributed by atoms with Crippen LogP contribution in [0.5, 0.6) is 0 Å². The van der Waals surface area contributed by atoms with Crippen molar-refractivity contribution in [1.29, 1.82) is 0 Å². The molecule has 1 heterocycles. The maximum Gasteiger partial charge on any atom is 0.122 e. The van der Waals surface area contributed by atoms with Crippen LogP contribution in [-0.4, -0.2) is 30.1 Å². The second kappa shape index (κ2) is 5.23. The molecule has 0 spiro atoms. The molecule has 1 aliphatic carbocycles. The Kier molecular flexibility index (Phi) is 3.60. The first-order valence-electron chi connectivity index (χ1n) is 6.55. The minimum absolute atomic E-state index is 0.120. The third-order valence-corrected chi connectivity index (χ3v) is 4.40. The van der Waals surface area contributed by atoms with Crippen LogP contribution in [0.4, 0.5) is 0 Å². The van der Waals surface area contributed by atoms with Gasteiger partial charge in [0.1, 0.15) is 6.61 Å². The number of nitrogens with zero attached hydrogens (tertiary/aromatic N) is 1. The third kappa shape index (κ3) is 2.68. The van der Waals surface area contributed by atoms with Gasteiger partial charge < -0.3 is 15.3 Å². The molecule has 0 bridgehead atoms. The van der Waals surface area contributed by atoms with E-state index in [0.29, 0.717) is 6.61 Å². The van der Waals surface area contributed by atoms with Crippen LogP contribution >= 0.6 is 15.9 Å². The molecule has 4 nitrogen and oxygen atoms in total. The Morgan fingerprint density at radius 1 is 1.37 bits per heavy atom. The highest BCUT2D eigenvalue weighted by Gasteiger charge is 2.44. The fourth-order valence-electron chi connectivity index (χ4n) is 2.73. The van der Waals surface area contributed by atoms with Crippen molar-refractivity contribution in [3.63, 3.8) is 0 Å². The molecule has 1 aromatic rings. The largest absolute Gasteiger partial charge is 0.395 e. The summed E-state index contributed by atoms with van der Waals surface area (Å²) in [7, 11) is 0. The molecule has 0 saturated heterocycles. The summed E-state index contributed by atoms with van der Waals surface area (Å²) >= 11 is 3.45. The monoisotopic (exact) mass is 324 g/mol. The van der Waals surface area contributed by atoms with Gasteiger partial charge in [0.15, 0.2) is 0 Å². The van der Waals surface area contributed by atoms with Crippen molar-refractivity contribution in [3.8, 4) is 0 Å². The van der Waals surface area contributed by atoms with Crippen LogP contribution in [0.25, 0.3) is 0 Å². The normalized spacial score (nSPS) is 29.6. The standard InChI is InChI=1S/C14H17BrN2O2/c15-11-3-1-10(2-4-11)14(7-13(18)8-14)16-9-12-5-6-19-17-12/h1-4,13,16,18H,5-9H2. The van der Waals surface area contributed by atoms with Crippen LogP contribution in [0, 0.1) is 0 Å². The lowest BCUT2D eigenvalue weighted by Crippen LogP contribution is -2.56. The SMILES string of the molecule is OC1CC(NCC2=NOCC2)(c2ccc(Br)cc2)C1. The molecule has 1 saturated carbocycles. The van der Waals surface area contributed by atoms with Gasteiger partial charge in [0, 0.05) is 23.0 Å². The van der Waals surface area contributed by atoms with Crippen LogP contribution in [-0.2, 0) is 10.4 Å². The molecule has 2 N–H and O–H groups in total. The fourth-order valence-corrected chi connectivity index (χ4v) is 3.00. The van der Waals surface area contributed by atoms with E-state index in [2.05, 4.69) is 38.5 Å². The van der Waals surface area contributed by atoms with Gasteiger partial charge in [0.2, 0.25) is 0 Å². The second-order valence-electron chi connectivity index (χ2n) is 5.25. The molecule has 0 amide bonds.